The average molecular weight is 303 g/mol. The van der Waals surface area contributed by atoms with Crippen LogP contribution in [0.5, 0.6) is 0 Å². The molecule has 1 heterocycles. The molecule has 1 amide bonds. The van der Waals surface area contributed by atoms with Gasteiger partial charge < -0.3 is 18.9 Å². The molecule has 1 fully saturated rings. The number of hydrogen-bond donors (Lipinski definition) is 0. The molecule has 1 aliphatic heterocycles. The van der Waals surface area contributed by atoms with E-state index in [9.17, 15) is 9.59 Å². The summed E-state index contributed by atoms with van der Waals surface area (Å²) in [7, 11) is 2.89. The van der Waals surface area contributed by atoms with Crippen LogP contribution in [0.4, 0.5) is 4.79 Å². The first kappa shape index (κ1) is 17.7. The van der Waals surface area contributed by atoms with Crippen LogP contribution in [0.3, 0.4) is 0 Å². The molecule has 1 aliphatic rings. The number of carbonyl (C=O) groups is 2. The summed E-state index contributed by atoms with van der Waals surface area (Å²) in [6.07, 6.45) is -0.358. The van der Waals surface area contributed by atoms with Crippen molar-refractivity contribution in [3.63, 3.8) is 0 Å². The Labute approximate surface area is 125 Å². The second-order valence-corrected chi connectivity index (χ2v) is 5.89. The molecule has 7 heteroatoms. The fraction of sp³-hybridized carbons (Fsp3) is 0.857. The van der Waals surface area contributed by atoms with Gasteiger partial charge in [-0.25, -0.2) is 9.59 Å². The summed E-state index contributed by atoms with van der Waals surface area (Å²) in [5.74, 6) is -0.460. The van der Waals surface area contributed by atoms with E-state index in [-0.39, 0.29) is 6.10 Å². The zero-order valence-electron chi connectivity index (χ0n) is 13.4. The molecule has 7 nitrogen and oxygen atoms in total. The lowest BCUT2D eigenvalue weighted by Gasteiger charge is -2.27. The molecule has 0 aliphatic carbocycles. The minimum absolute atomic E-state index is 0.225. The highest BCUT2D eigenvalue weighted by Gasteiger charge is 2.42. The first-order valence-corrected chi connectivity index (χ1v) is 6.96. The van der Waals surface area contributed by atoms with Gasteiger partial charge in [0.15, 0.2) is 0 Å². The number of likely N-dealkylation sites (tertiary alicyclic amines) is 1. The van der Waals surface area contributed by atoms with Gasteiger partial charge >= 0.3 is 12.1 Å². The second kappa shape index (κ2) is 7.61. The summed E-state index contributed by atoms with van der Waals surface area (Å²) in [5, 5.41) is 0. The molecule has 0 aromatic heterocycles. The number of rotatable bonds is 5. The van der Waals surface area contributed by atoms with Gasteiger partial charge in [-0.2, -0.15) is 0 Å². The van der Waals surface area contributed by atoms with Gasteiger partial charge in [0.1, 0.15) is 11.6 Å². The van der Waals surface area contributed by atoms with E-state index < -0.39 is 23.7 Å². The molecule has 2 atom stereocenters. The Kier molecular flexibility index (Phi) is 6.42. The molecule has 0 spiro atoms. The third-order valence-electron chi connectivity index (χ3n) is 3.00. The van der Waals surface area contributed by atoms with E-state index in [1.54, 1.807) is 27.9 Å². The molecule has 0 unspecified atom stereocenters. The van der Waals surface area contributed by atoms with Gasteiger partial charge in [0.25, 0.3) is 0 Å². The van der Waals surface area contributed by atoms with Crippen molar-refractivity contribution in [2.75, 3.05) is 34.0 Å². The lowest BCUT2D eigenvalue weighted by molar-refractivity contribution is -0.145. The molecule has 1 saturated heterocycles. The third-order valence-corrected chi connectivity index (χ3v) is 3.00. The van der Waals surface area contributed by atoms with Crippen molar-refractivity contribution in [2.24, 2.45) is 0 Å². The SMILES string of the molecule is COCCO[C@@H]1C[C@@H](C(=O)OC)N(C(=O)OC(C)(C)C)C1. The van der Waals surface area contributed by atoms with Crippen molar-refractivity contribution < 1.29 is 28.5 Å². The molecular weight excluding hydrogens is 278 g/mol. The van der Waals surface area contributed by atoms with E-state index >= 15 is 0 Å². The van der Waals surface area contributed by atoms with Crippen molar-refractivity contribution in [2.45, 2.75) is 44.9 Å². The van der Waals surface area contributed by atoms with Gasteiger partial charge in [0, 0.05) is 13.5 Å². The molecule has 21 heavy (non-hydrogen) atoms. The van der Waals surface area contributed by atoms with Gasteiger partial charge in [-0.1, -0.05) is 0 Å². The molecule has 0 N–H and O–H groups in total. The van der Waals surface area contributed by atoms with Crippen LogP contribution in [-0.4, -0.2) is 68.7 Å². The van der Waals surface area contributed by atoms with E-state index in [1.165, 1.54) is 12.0 Å². The van der Waals surface area contributed by atoms with E-state index in [0.717, 1.165) is 0 Å². The smallest absolute Gasteiger partial charge is 0.411 e. The fourth-order valence-corrected chi connectivity index (χ4v) is 2.10. The summed E-state index contributed by atoms with van der Waals surface area (Å²) in [4.78, 5) is 25.4. The number of nitrogens with zero attached hydrogens (tertiary/aromatic N) is 1. The molecule has 122 valence electrons. The van der Waals surface area contributed by atoms with Crippen LogP contribution in [-0.2, 0) is 23.7 Å². The second-order valence-electron chi connectivity index (χ2n) is 5.89. The number of carbonyl (C=O) groups excluding carboxylic acids is 2. The maximum atomic E-state index is 12.2. The highest BCUT2D eigenvalue weighted by molar-refractivity contribution is 5.82. The zero-order chi connectivity index (χ0) is 16.0. The van der Waals surface area contributed by atoms with Crippen molar-refractivity contribution in [3.05, 3.63) is 0 Å². The van der Waals surface area contributed by atoms with Gasteiger partial charge in [-0.15, -0.1) is 0 Å². The van der Waals surface area contributed by atoms with E-state index in [1.807, 2.05) is 0 Å². The molecule has 0 radical (unpaired) electrons. The Hall–Kier alpha value is -1.34. The van der Waals surface area contributed by atoms with Crippen LogP contribution < -0.4 is 0 Å². The predicted octanol–water partition coefficient (Wildman–Crippen LogP) is 1.20. The highest BCUT2D eigenvalue weighted by Crippen LogP contribution is 2.24. The number of ether oxygens (including phenoxy) is 4. The Morgan fingerprint density at radius 1 is 1.19 bits per heavy atom. The Balaban J connectivity index is 2.69. The zero-order valence-corrected chi connectivity index (χ0v) is 13.4. The first-order chi connectivity index (χ1) is 9.78. The van der Waals surface area contributed by atoms with E-state index in [4.69, 9.17) is 18.9 Å². The minimum Gasteiger partial charge on any atom is -0.467 e. The maximum Gasteiger partial charge on any atom is 0.411 e. The normalized spacial score (nSPS) is 22.2. The van der Waals surface area contributed by atoms with Gasteiger partial charge in [0.05, 0.1) is 33.0 Å². The summed E-state index contributed by atoms with van der Waals surface area (Å²) in [6.45, 7) is 6.52. The molecule has 0 bridgehead atoms. The standard InChI is InChI=1S/C14H25NO6/c1-14(2,3)21-13(17)15-9-10(20-7-6-18-4)8-11(15)12(16)19-5/h10-11H,6-9H2,1-5H3/t10-,11+/m1/s1. The predicted molar refractivity (Wildman–Crippen MR) is 75.0 cm³/mol. The lowest BCUT2D eigenvalue weighted by Crippen LogP contribution is -2.44. The van der Waals surface area contributed by atoms with Gasteiger partial charge in [0.2, 0.25) is 0 Å². The highest BCUT2D eigenvalue weighted by atomic mass is 16.6. The molecule has 0 saturated carbocycles. The molecule has 0 aromatic carbocycles. The molecule has 1 rings (SSSR count). The van der Waals surface area contributed by atoms with Crippen LogP contribution in [0.15, 0.2) is 0 Å². The summed E-state index contributed by atoms with van der Waals surface area (Å²) >= 11 is 0. The quantitative estimate of drug-likeness (QED) is 0.561. The van der Waals surface area contributed by atoms with Crippen LogP contribution >= 0.6 is 0 Å². The van der Waals surface area contributed by atoms with Crippen LogP contribution in [0, 0.1) is 0 Å². The van der Waals surface area contributed by atoms with Crippen molar-refractivity contribution in [3.8, 4) is 0 Å². The molecule has 0 aromatic rings. The van der Waals surface area contributed by atoms with Crippen molar-refractivity contribution in [1.29, 1.82) is 0 Å². The summed E-state index contributed by atoms with van der Waals surface area (Å²) in [5.41, 5.74) is -0.618. The Bertz CT molecular complexity index is 365. The number of esters is 1. The number of hydrogen-bond acceptors (Lipinski definition) is 6. The maximum absolute atomic E-state index is 12.2. The number of methoxy groups -OCH3 is 2. The van der Waals surface area contributed by atoms with E-state index in [2.05, 4.69) is 0 Å². The van der Waals surface area contributed by atoms with Gasteiger partial charge in [-0.3, -0.25) is 4.90 Å². The molecular formula is C14H25NO6. The van der Waals surface area contributed by atoms with Crippen molar-refractivity contribution in [1.82, 2.24) is 4.90 Å². The van der Waals surface area contributed by atoms with E-state index in [0.29, 0.717) is 26.2 Å². The first-order valence-electron chi connectivity index (χ1n) is 6.96. The summed E-state index contributed by atoms with van der Waals surface area (Å²) in [6, 6.07) is -0.669. The summed E-state index contributed by atoms with van der Waals surface area (Å²) < 4.78 is 20.6. The fourth-order valence-electron chi connectivity index (χ4n) is 2.10. The number of amides is 1. The van der Waals surface area contributed by atoms with Gasteiger partial charge in [-0.05, 0) is 20.8 Å². The largest absolute Gasteiger partial charge is 0.467 e. The third kappa shape index (κ3) is 5.51. The monoisotopic (exact) mass is 303 g/mol. The lowest BCUT2D eigenvalue weighted by atomic mass is 10.2. The van der Waals surface area contributed by atoms with Crippen LogP contribution in [0.25, 0.3) is 0 Å². The Morgan fingerprint density at radius 2 is 1.86 bits per heavy atom. The average Bonchev–Trinajstić information content (AvgIpc) is 2.80. The van der Waals surface area contributed by atoms with Crippen LogP contribution in [0.1, 0.15) is 27.2 Å². The topological polar surface area (TPSA) is 74.3 Å². The van der Waals surface area contributed by atoms with Crippen LogP contribution in [0.2, 0.25) is 0 Å². The Morgan fingerprint density at radius 3 is 2.38 bits per heavy atom. The van der Waals surface area contributed by atoms with Crippen molar-refractivity contribution >= 4 is 12.1 Å². The minimum atomic E-state index is -0.669.